The molecule has 3 nitrogen and oxygen atoms in total. The summed E-state index contributed by atoms with van der Waals surface area (Å²) in [6, 6.07) is 14.0. The van der Waals surface area contributed by atoms with Crippen molar-refractivity contribution in [2.24, 2.45) is 0 Å². The molecule has 1 atom stereocenters. The van der Waals surface area contributed by atoms with Crippen LogP contribution in [0.5, 0.6) is 0 Å². The molecule has 2 aromatic carbocycles. The van der Waals surface area contributed by atoms with Gasteiger partial charge < -0.3 is 10.6 Å². The molecule has 0 fully saturated rings. The SMILES string of the molecule is CC1=C(C(=O)c2ccccc2)C(c2cccc(Cl)c2Cl)NC(=S)N1. The third-order valence-corrected chi connectivity index (χ3v) is 4.90. The van der Waals surface area contributed by atoms with Gasteiger partial charge in [0.05, 0.1) is 16.1 Å². The van der Waals surface area contributed by atoms with Crippen LogP contribution in [-0.2, 0) is 0 Å². The van der Waals surface area contributed by atoms with E-state index >= 15 is 0 Å². The molecule has 3 rings (SSSR count). The summed E-state index contributed by atoms with van der Waals surface area (Å²) in [5.74, 6) is -0.0864. The number of hydrogen-bond donors (Lipinski definition) is 2. The van der Waals surface area contributed by atoms with Crippen molar-refractivity contribution in [2.75, 3.05) is 0 Å². The first kappa shape index (κ1) is 17.0. The second kappa shape index (κ2) is 6.93. The van der Waals surface area contributed by atoms with Crippen molar-refractivity contribution >= 4 is 46.3 Å². The van der Waals surface area contributed by atoms with Gasteiger partial charge in [0.2, 0.25) is 0 Å². The number of nitrogens with one attached hydrogen (secondary N) is 2. The summed E-state index contributed by atoms with van der Waals surface area (Å²) in [5, 5.41) is 7.43. The number of carbonyl (C=O) groups excluding carboxylic acids is 1. The average molecular weight is 377 g/mol. The molecule has 1 aliphatic rings. The Balaban J connectivity index is 2.13. The molecule has 0 aromatic heterocycles. The van der Waals surface area contributed by atoms with Gasteiger partial charge in [-0.15, -0.1) is 0 Å². The Bertz CT molecular complexity index is 849. The zero-order valence-electron chi connectivity index (χ0n) is 12.8. The molecule has 0 amide bonds. The maximum absolute atomic E-state index is 13.0. The van der Waals surface area contributed by atoms with Crippen molar-refractivity contribution in [3.63, 3.8) is 0 Å². The molecule has 122 valence electrons. The number of benzene rings is 2. The van der Waals surface area contributed by atoms with Crippen LogP contribution in [0.15, 0.2) is 59.8 Å². The van der Waals surface area contributed by atoms with Crippen LogP contribution in [0.2, 0.25) is 10.0 Å². The first-order valence-corrected chi connectivity index (χ1v) is 8.47. The second-order valence-electron chi connectivity index (χ2n) is 5.41. The third kappa shape index (κ3) is 3.18. The highest BCUT2D eigenvalue weighted by atomic mass is 35.5. The van der Waals surface area contributed by atoms with E-state index in [-0.39, 0.29) is 5.78 Å². The lowest BCUT2D eigenvalue weighted by atomic mass is 9.89. The maximum Gasteiger partial charge on any atom is 0.193 e. The minimum Gasteiger partial charge on any atom is -0.351 e. The number of Topliss-reactive ketones (excluding diaryl/α,β-unsaturated/α-hetero) is 1. The summed E-state index contributed by atoms with van der Waals surface area (Å²) in [7, 11) is 0. The summed E-state index contributed by atoms with van der Waals surface area (Å²) in [6.07, 6.45) is 0. The van der Waals surface area contributed by atoms with E-state index in [2.05, 4.69) is 10.6 Å². The zero-order valence-corrected chi connectivity index (χ0v) is 15.1. The number of rotatable bonds is 3. The monoisotopic (exact) mass is 376 g/mol. The highest BCUT2D eigenvalue weighted by Crippen LogP contribution is 2.36. The van der Waals surface area contributed by atoms with Gasteiger partial charge in [-0.1, -0.05) is 65.7 Å². The minimum absolute atomic E-state index is 0.0864. The fourth-order valence-electron chi connectivity index (χ4n) is 2.72. The molecule has 24 heavy (non-hydrogen) atoms. The molecule has 1 heterocycles. The highest BCUT2D eigenvalue weighted by Gasteiger charge is 2.31. The van der Waals surface area contributed by atoms with Crippen molar-refractivity contribution in [1.29, 1.82) is 0 Å². The molecule has 6 heteroatoms. The lowest BCUT2D eigenvalue weighted by Gasteiger charge is -2.31. The van der Waals surface area contributed by atoms with Gasteiger partial charge in [-0.2, -0.15) is 0 Å². The van der Waals surface area contributed by atoms with E-state index in [9.17, 15) is 4.79 Å². The van der Waals surface area contributed by atoms with Crippen LogP contribution in [0.4, 0.5) is 0 Å². The normalized spacial score (nSPS) is 17.3. The Labute approximate surface area is 155 Å². The van der Waals surface area contributed by atoms with Crippen LogP contribution < -0.4 is 10.6 Å². The second-order valence-corrected chi connectivity index (χ2v) is 6.60. The summed E-state index contributed by atoms with van der Waals surface area (Å²) < 4.78 is 0. The molecule has 0 saturated carbocycles. The average Bonchev–Trinajstić information content (AvgIpc) is 2.57. The van der Waals surface area contributed by atoms with E-state index in [4.69, 9.17) is 35.4 Å². The largest absolute Gasteiger partial charge is 0.351 e. The van der Waals surface area contributed by atoms with Crippen LogP contribution in [0.1, 0.15) is 28.9 Å². The van der Waals surface area contributed by atoms with Crippen LogP contribution in [-0.4, -0.2) is 10.9 Å². The van der Waals surface area contributed by atoms with Crippen LogP contribution in [0.3, 0.4) is 0 Å². The standard InChI is InChI=1S/C18H14Cl2N2OS/c1-10-14(17(23)11-6-3-2-4-7-11)16(22-18(24)21-10)12-8-5-9-13(19)15(12)20/h2-9,16H,1H3,(H2,21,22,24). The molecule has 0 bridgehead atoms. The van der Waals surface area contributed by atoms with E-state index in [0.29, 0.717) is 37.6 Å². The zero-order chi connectivity index (χ0) is 17.3. The van der Waals surface area contributed by atoms with Crippen LogP contribution >= 0.6 is 35.4 Å². The van der Waals surface area contributed by atoms with Crippen molar-refractivity contribution in [1.82, 2.24) is 10.6 Å². The summed E-state index contributed by atoms with van der Waals surface area (Å²) in [6.45, 7) is 1.83. The molecule has 0 aliphatic carbocycles. The minimum atomic E-state index is -0.461. The molecular formula is C18H14Cl2N2OS. The van der Waals surface area contributed by atoms with Crippen molar-refractivity contribution in [3.05, 3.63) is 81.0 Å². The lowest BCUT2D eigenvalue weighted by Crippen LogP contribution is -2.45. The predicted molar refractivity (Wildman–Crippen MR) is 102 cm³/mol. The van der Waals surface area contributed by atoms with Gasteiger partial charge in [0, 0.05) is 16.8 Å². The van der Waals surface area contributed by atoms with Gasteiger partial charge >= 0.3 is 0 Å². The molecule has 1 aliphatic heterocycles. The topological polar surface area (TPSA) is 41.1 Å². The lowest BCUT2D eigenvalue weighted by molar-refractivity contribution is 0.102. The molecule has 0 spiro atoms. The number of allylic oxidation sites excluding steroid dienone is 1. The molecule has 1 unspecified atom stereocenters. The number of ketones is 1. The predicted octanol–water partition coefficient (Wildman–Crippen LogP) is 4.67. The van der Waals surface area contributed by atoms with Crippen LogP contribution in [0, 0.1) is 0 Å². The summed E-state index contributed by atoms with van der Waals surface area (Å²) >= 11 is 17.8. The first-order valence-electron chi connectivity index (χ1n) is 7.31. The smallest absolute Gasteiger partial charge is 0.193 e. The van der Waals surface area contributed by atoms with Gasteiger partial charge in [-0.05, 0) is 30.8 Å². The Morgan fingerprint density at radius 1 is 1.08 bits per heavy atom. The van der Waals surface area contributed by atoms with Gasteiger partial charge in [0.15, 0.2) is 10.9 Å². The van der Waals surface area contributed by atoms with E-state index in [1.54, 1.807) is 24.3 Å². The third-order valence-electron chi connectivity index (χ3n) is 3.84. The maximum atomic E-state index is 13.0. The fourth-order valence-corrected chi connectivity index (χ4v) is 3.40. The quantitative estimate of drug-likeness (QED) is 0.603. The highest BCUT2D eigenvalue weighted by molar-refractivity contribution is 7.80. The number of thiocarbonyl (C=S) groups is 1. The van der Waals surface area contributed by atoms with Gasteiger partial charge in [-0.25, -0.2) is 0 Å². The van der Waals surface area contributed by atoms with E-state index < -0.39 is 6.04 Å². The van der Waals surface area contributed by atoms with Gasteiger partial charge in [0.1, 0.15) is 0 Å². The fraction of sp³-hybridized carbons (Fsp3) is 0.111. The molecule has 0 saturated heterocycles. The first-order chi connectivity index (χ1) is 11.5. The van der Waals surface area contributed by atoms with Crippen molar-refractivity contribution < 1.29 is 4.79 Å². The van der Waals surface area contributed by atoms with Gasteiger partial charge in [0.25, 0.3) is 0 Å². The van der Waals surface area contributed by atoms with Crippen molar-refractivity contribution in [3.8, 4) is 0 Å². The molecule has 0 radical (unpaired) electrons. The number of carbonyl (C=O) groups is 1. The summed E-state index contributed by atoms with van der Waals surface area (Å²) in [5.41, 5.74) is 2.59. The molecule has 2 N–H and O–H groups in total. The Kier molecular flexibility index (Phi) is 4.90. The summed E-state index contributed by atoms with van der Waals surface area (Å²) in [4.78, 5) is 13.0. The molecular weight excluding hydrogens is 363 g/mol. The van der Waals surface area contributed by atoms with Crippen LogP contribution in [0.25, 0.3) is 0 Å². The Hall–Kier alpha value is -1.88. The Morgan fingerprint density at radius 3 is 2.50 bits per heavy atom. The number of halogens is 2. The van der Waals surface area contributed by atoms with Gasteiger partial charge in [-0.3, -0.25) is 4.79 Å². The number of hydrogen-bond acceptors (Lipinski definition) is 2. The van der Waals surface area contributed by atoms with Crippen molar-refractivity contribution in [2.45, 2.75) is 13.0 Å². The van der Waals surface area contributed by atoms with E-state index in [1.165, 1.54) is 0 Å². The van der Waals surface area contributed by atoms with E-state index in [0.717, 1.165) is 0 Å². The van der Waals surface area contributed by atoms with E-state index in [1.807, 2.05) is 31.2 Å². The molecule has 2 aromatic rings. The Morgan fingerprint density at radius 2 is 1.79 bits per heavy atom.